The Balaban J connectivity index is 2.90. The first-order chi connectivity index (χ1) is 9.60. The van der Waals surface area contributed by atoms with Crippen molar-refractivity contribution in [1.29, 1.82) is 0 Å². The van der Waals surface area contributed by atoms with Crippen LogP contribution in [0.25, 0.3) is 0 Å². The number of benzene rings is 1. The van der Waals surface area contributed by atoms with Gasteiger partial charge in [0, 0.05) is 11.6 Å². The molecule has 1 atom stereocenters. The molecule has 0 spiro atoms. The fourth-order valence-corrected chi connectivity index (χ4v) is 2.80. The summed E-state index contributed by atoms with van der Waals surface area (Å²) in [6, 6.07) is 0.351. The van der Waals surface area contributed by atoms with Crippen molar-refractivity contribution in [2.24, 2.45) is 0 Å². The lowest BCUT2D eigenvalue weighted by molar-refractivity contribution is -0.145. The smallest absolute Gasteiger partial charge is 0.322 e. The summed E-state index contributed by atoms with van der Waals surface area (Å²) in [5.41, 5.74) is -0.372. The summed E-state index contributed by atoms with van der Waals surface area (Å²) in [5.74, 6) is -6.14. The van der Waals surface area contributed by atoms with Crippen LogP contribution in [0.15, 0.2) is 18.2 Å². The zero-order valence-electron chi connectivity index (χ0n) is 10.4. The van der Waals surface area contributed by atoms with Crippen LogP contribution in [0.3, 0.4) is 0 Å². The SMILES string of the molecule is O=C(O)C[C@@H](NS(=O)(=O)Cc1ccc(F)cc1F)C(=O)O. The van der Waals surface area contributed by atoms with E-state index in [-0.39, 0.29) is 5.56 Å². The Morgan fingerprint density at radius 2 is 1.86 bits per heavy atom. The van der Waals surface area contributed by atoms with Crippen molar-refractivity contribution in [3.05, 3.63) is 35.4 Å². The summed E-state index contributed by atoms with van der Waals surface area (Å²) < 4.78 is 51.1. The van der Waals surface area contributed by atoms with E-state index >= 15 is 0 Å². The molecule has 0 aliphatic rings. The van der Waals surface area contributed by atoms with Gasteiger partial charge in [-0.25, -0.2) is 21.9 Å². The number of rotatable bonds is 7. The van der Waals surface area contributed by atoms with Crippen molar-refractivity contribution < 1.29 is 37.0 Å². The van der Waals surface area contributed by atoms with Gasteiger partial charge in [-0.15, -0.1) is 0 Å². The first-order valence-electron chi connectivity index (χ1n) is 5.49. The van der Waals surface area contributed by atoms with Gasteiger partial charge in [0.05, 0.1) is 12.2 Å². The van der Waals surface area contributed by atoms with Crippen LogP contribution < -0.4 is 4.72 Å². The van der Waals surface area contributed by atoms with Gasteiger partial charge in [-0.05, 0) is 6.07 Å². The van der Waals surface area contributed by atoms with Crippen molar-refractivity contribution in [2.75, 3.05) is 0 Å². The number of halogens is 2. The number of aliphatic carboxylic acids is 2. The lowest BCUT2D eigenvalue weighted by atomic mass is 10.2. The topological polar surface area (TPSA) is 121 Å². The van der Waals surface area contributed by atoms with Crippen molar-refractivity contribution in [3.8, 4) is 0 Å². The fourth-order valence-electron chi connectivity index (χ4n) is 1.46. The Kier molecular flexibility index (Phi) is 5.33. The van der Waals surface area contributed by atoms with Gasteiger partial charge in [-0.1, -0.05) is 6.07 Å². The van der Waals surface area contributed by atoms with Crippen LogP contribution in [0, 0.1) is 11.6 Å². The first kappa shape index (κ1) is 17.0. The van der Waals surface area contributed by atoms with Crippen LogP contribution >= 0.6 is 0 Å². The second-order valence-corrected chi connectivity index (χ2v) is 5.86. The van der Waals surface area contributed by atoms with Crippen molar-refractivity contribution in [1.82, 2.24) is 4.72 Å². The largest absolute Gasteiger partial charge is 0.481 e. The molecule has 1 aromatic carbocycles. The van der Waals surface area contributed by atoms with E-state index in [1.54, 1.807) is 4.72 Å². The minimum atomic E-state index is -4.32. The number of carboxylic acid groups (broad SMARTS) is 2. The lowest BCUT2D eigenvalue weighted by Gasteiger charge is -2.13. The van der Waals surface area contributed by atoms with Gasteiger partial charge in [-0.3, -0.25) is 9.59 Å². The number of nitrogens with one attached hydrogen (secondary N) is 1. The Hall–Kier alpha value is -2.07. The van der Waals surface area contributed by atoms with Gasteiger partial charge in [0.2, 0.25) is 10.0 Å². The molecule has 7 nitrogen and oxygen atoms in total. The second kappa shape index (κ2) is 6.59. The van der Waals surface area contributed by atoms with Gasteiger partial charge in [0.15, 0.2) is 0 Å². The van der Waals surface area contributed by atoms with Gasteiger partial charge >= 0.3 is 11.9 Å². The molecular weight excluding hydrogens is 312 g/mol. The maximum atomic E-state index is 13.3. The van der Waals surface area contributed by atoms with Crippen LogP contribution in [0.4, 0.5) is 8.78 Å². The van der Waals surface area contributed by atoms with E-state index < -0.39 is 51.8 Å². The van der Waals surface area contributed by atoms with E-state index in [4.69, 9.17) is 10.2 Å². The van der Waals surface area contributed by atoms with Crippen molar-refractivity contribution in [3.63, 3.8) is 0 Å². The van der Waals surface area contributed by atoms with E-state index in [1.165, 1.54) is 0 Å². The molecule has 0 unspecified atom stereocenters. The molecule has 0 aromatic heterocycles. The number of carbonyl (C=O) groups is 2. The third kappa shape index (κ3) is 5.44. The van der Waals surface area contributed by atoms with Crippen LogP contribution in [-0.4, -0.2) is 36.6 Å². The van der Waals surface area contributed by atoms with Crippen LogP contribution in [0.1, 0.15) is 12.0 Å². The molecule has 21 heavy (non-hydrogen) atoms. The molecule has 3 N–H and O–H groups in total. The van der Waals surface area contributed by atoms with E-state index in [2.05, 4.69) is 0 Å². The van der Waals surface area contributed by atoms with E-state index in [0.717, 1.165) is 12.1 Å². The summed E-state index contributed by atoms with van der Waals surface area (Å²) in [5, 5.41) is 17.2. The highest BCUT2D eigenvalue weighted by atomic mass is 32.2. The molecule has 0 bridgehead atoms. The Morgan fingerprint density at radius 3 is 2.33 bits per heavy atom. The van der Waals surface area contributed by atoms with E-state index in [9.17, 15) is 26.8 Å². The molecule has 0 aliphatic heterocycles. The molecule has 0 saturated heterocycles. The normalized spacial score (nSPS) is 12.9. The second-order valence-electron chi connectivity index (χ2n) is 4.10. The van der Waals surface area contributed by atoms with Gasteiger partial charge in [0.1, 0.15) is 17.7 Å². The Morgan fingerprint density at radius 1 is 1.24 bits per heavy atom. The molecule has 1 rings (SSSR count). The predicted molar refractivity (Wildman–Crippen MR) is 65.8 cm³/mol. The maximum absolute atomic E-state index is 13.3. The Bertz CT molecular complexity index is 661. The van der Waals surface area contributed by atoms with Crippen LogP contribution in [0.5, 0.6) is 0 Å². The predicted octanol–water partition coefficient (Wildman–Crippen LogP) is 0.312. The van der Waals surface area contributed by atoms with E-state index in [1.807, 2.05) is 0 Å². The molecule has 1 aromatic rings. The fraction of sp³-hybridized carbons (Fsp3) is 0.273. The molecule has 10 heteroatoms. The molecule has 116 valence electrons. The third-order valence-electron chi connectivity index (χ3n) is 2.36. The summed E-state index contributed by atoms with van der Waals surface area (Å²) in [4.78, 5) is 21.2. The van der Waals surface area contributed by atoms with Crippen molar-refractivity contribution in [2.45, 2.75) is 18.2 Å². The zero-order valence-corrected chi connectivity index (χ0v) is 11.2. The summed E-state index contributed by atoms with van der Waals surface area (Å²) in [7, 11) is -4.32. The number of carboxylic acids is 2. The minimum absolute atomic E-state index is 0.372. The molecule has 0 amide bonds. The van der Waals surface area contributed by atoms with Gasteiger partial charge in [-0.2, -0.15) is 0 Å². The average Bonchev–Trinajstić information content (AvgIpc) is 2.31. The number of hydrogen-bond donors (Lipinski definition) is 3. The van der Waals surface area contributed by atoms with Crippen molar-refractivity contribution >= 4 is 22.0 Å². The lowest BCUT2D eigenvalue weighted by Crippen LogP contribution is -2.42. The quantitative estimate of drug-likeness (QED) is 0.664. The standard InChI is InChI=1S/C11H11F2NO6S/c12-7-2-1-6(8(13)3-7)5-21(19,20)14-9(11(17)18)4-10(15)16/h1-3,9,14H,4-5H2,(H,15,16)(H,17,18)/t9-/m1/s1. The molecule has 0 saturated carbocycles. The van der Waals surface area contributed by atoms with Crippen LogP contribution in [0.2, 0.25) is 0 Å². The summed E-state index contributed by atoms with van der Waals surface area (Å²) in [6.45, 7) is 0. The number of sulfonamides is 1. The minimum Gasteiger partial charge on any atom is -0.481 e. The summed E-state index contributed by atoms with van der Waals surface area (Å²) >= 11 is 0. The first-order valence-corrected chi connectivity index (χ1v) is 7.14. The number of hydrogen-bond acceptors (Lipinski definition) is 4. The average molecular weight is 323 g/mol. The third-order valence-corrected chi connectivity index (χ3v) is 3.69. The molecule has 0 heterocycles. The molecule has 0 radical (unpaired) electrons. The highest BCUT2D eigenvalue weighted by Gasteiger charge is 2.27. The zero-order chi connectivity index (χ0) is 16.2. The van der Waals surface area contributed by atoms with Gasteiger partial charge < -0.3 is 10.2 Å². The monoisotopic (exact) mass is 323 g/mol. The molecular formula is C11H11F2NO6S. The molecule has 0 fully saturated rings. The highest BCUT2D eigenvalue weighted by Crippen LogP contribution is 2.13. The van der Waals surface area contributed by atoms with Crippen LogP contribution in [-0.2, 0) is 25.4 Å². The Labute approximate surface area is 118 Å². The maximum Gasteiger partial charge on any atom is 0.322 e. The van der Waals surface area contributed by atoms with Gasteiger partial charge in [0.25, 0.3) is 0 Å². The highest BCUT2D eigenvalue weighted by molar-refractivity contribution is 7.88. The summed E-state index contributed by atoms with van der Waals surface area (Å²) in [6.07, 6.45) is -0.972. The van der Waals surface area contributed by atoms with E-state index in [0.29, 0.717) is 6.07 Å². The molecule has 0 aliphatic carbocycles.